The Bertz CT molecular complexity index is 322. The van der Waals surface area contributed by atoms with Gasteiger partial charge in [0.2, 0.25) is 0 Å². The van der Waals surface area contributed by atoms with Crippen LogP contribution in [0.4, 0.5) is 0 Å². The largest absolute Gasteiger partial charge is 0.306 e. The minimum Gasteiger partial charge on any atom is -0.306 e. The van der Waals surface area contributed by atoms with Gasteiger partial charge in [-0.3, -0.25) is 4.68 Å². The summed E-state index contributed by atoms with van der Waals surface area (Å²) in [6, 6.07) is 0. The summed E-state index contributed by atoms with van der Waals surface area (Å²) in [6.45, 7) is 12.7. The lowest BCUT2D eigenvalue weighted by Crippen LogP contribution is -2.35. The molecule has 0 fully saturated rings. The van der Waals surface area contributed by atoms with Crippen LogP contribution in [-0.4, -0.2) is 20.5 Å². The van der Waals surface area contributed by atoms with Crippen LogP contribution in [0.15, 0.2) is 6.20 Å². The van der Waals surface area contributed by atoms with E-state index in [2.05, 4.69) is 50.2 Å². The SMILES string of the molecule is CC(C)CCCn1cc(CNC(C)(C)C)nn1. The van der Waals surface area contributed by atoms with Crippen LogP contribution in [0, 0.1) is 5.92 Å². The lowest BCUT2D eigenvalue weighted by Gasteiger charge is -2.19. The van der Waals surface area contributed by atoms with E-state index in [9.17, 15) is 0 Å². The van der Waals surface area contributed by atoms with Gasteiger partial charge in [-0.15, -0.1) is 5.10 Å². The van der Waals surface area contributed by atoms with Crippen molar-refractivity contribution < 1.29 is 0 Å². The molecule has 0 saturated heterocycles. The Morgan fingerprint density at radius 2 is 2.06 bits per heavy atom. The first-order valence-corrected chi connectivity index (χ1v) is 6.51. The van der Waals surface area contributed by atoms with Crippen LogP contribution in [0.25, 0.3) is 0 Å². The fourth-order valence-corrected chi connectivity index (χ4v) is 1.55. The first-order chi connectivity index (χ1) is 7.87. The zero-order valence-corrected chi connectivity index (χ0v) is 11.8. The zero-order valence-electron chi connectivity index (χ0n) is 11.8. The Kier molecular flexibility index (Phi) is 5.12. The van der Waals surface area contributed by atoms with Crippen molar-refractivity contribution >= 4 is 0 Å². The van der Waals surface area contributed by atoms with Crippen molar-refractivity contribution in [2.45, 2.75) is 66.1 Å². The molecule has 0 aliphatic rings. The number of aromatic nitrogens is 3. The second-order valence-electron chi connectivity index (χ2n) is 6.11. The molecule has 1 aromatic heterocycles. The van der Waals surface area contributed by atoms with Gasteiger partial charge in [0, 0.05) is 24.8 Å². The Morgan fingerprint density at radius 3 is 2.65 bits per heavy atom. The molecule has 0 amide bonds. The molecule has 0 spiro atoms. The van der Waals surface area contributed by atoms with Crippen LogP contribution >= 0.6 is 0 Å². The van der Waals surface area contributed by atoms with Crippen molar-refractivity contribution in [3.05, 3.63) is 11.9 Å². The molecule has 0 atom stereocenters. The van der Waals surface area contributed by atoms with Crippen LogP contribution < -0.4 is 5.32 Å². The van der Waals surface area contributed by atoms with Gasteiger partial charge in [-0.2, -0.15) is 0 Å². The number of aryl methyl sites for hydroxylation is 1. The maximum Gasteiger partial charge on any atom is 0.0965 e. The van der Waals surface area contributed by atoms with Gasteiger partial charge >= 0.3 is 0 Å². The zero-order chi connectivity index (χ0) is 12.9. The topological polar surface area (TPSA) is 42.7 Å². The van der Waals surface area contributed by atoms with Crippen molar-refractivity contribution in [3.8, 4) is 0 Å². The van der Waals surface area contributed by atoms with Crippen molar-refractivity contribution in [3.63, 3.8) is 0 Å². The lowest BCUT2D eigenvalue weighted by molar-refractivity contribution is 0.421. The number of hydrogen-bond acceptors (Lipinski definition) is 3. The van der Waals surface area contributed by atoms with Gasteiger partial charge in [0.15, 0.2) is 0 Å². The third-order valence-electron chi connectivity index (χ3n) is 2.55. The molecule has 0 aliphatic carbocycles. The van der Waals surface area contributed by atoms with E-state index >= 15 is 0 Å². The second-order valence-corrected chi connectivity index (χ2v) is 6.11. The molecular weight excluding hydrogens is 212 g/mol. The lowest BCUT2D eigenvalue weighted by atomic mass is 10.1. The van der Waals surface area contributed by atoms with Gasteiger partial charge in [-0.05, 0) is 39.5 Å². The van der Waals surface area contributed by atoms with Crippen LogP contribution in [0.3, 0.4) is 0 Å². The summed E-state index contributed by atoms with van der Waals surface area (Å²) in [5.74, 6) is 0.764. The van der Waals surface area contributed by atoms with Crippen LogP contribution in [0.1, 0.15) is 53.2 Å². The van der Waals surface area contributed by atoms with Crippen molar-refractivity contribution in [2.75, 3.05) is 0 Å². The smallest absolute Gasteiger partial charge is 0.0965 e. The molecule has 0 radical (unpaired) electrons. The van der Waals surface area contributed by atoms with Crippen molar-refractivity contribution in [2.24, 2.45) is 5.92 Å². The molecule has 0 bridgehead atoms. The first-order valence-electron chi connectivity index (χ1n) is 6.51. The average Bonchev–Trinajstić information content (AvgIpc) is 2.61. The van der Waals surface area contributed by atoms with Gasteiger partial charge < -0.3 is 5.32 Å². The maximum atomic E-state index is 4.17. The number of hydrogen-bond donors (Lipinski definition) is 1. The Balaban J connectivity index is 2.32. The number of nitrogens with one attached hydrogen (secondary N) is 1. The monoisotopic (exact) mass is 238 g/mol. The van der Waals surface area contributed by atoms with Crippen LogP contribution in [0.2, 0.25) is 0 Å². The third-order valence-corrected chi connectivity index (χ3v) is 2.55. The second kappa shape index (κ2) is 6.15. The molecule has 0 aliphatic heterocycles. The summed E-state index contributed by atoms with van der Waals surface area (Å²) >= 11 is 0. The fourth-order valence-electron chi connectivity index (χ4n) is 1.55. The summed E-state index contributed by atoms with van der Waals surface area (Å²) in [6.07, 6.45) is 4.46. The highest BCUT2D eigenvalue weighted by Crippen LogP contribution is 2.06. The predicted molar refractivity (Wildman–Crippen MR) is 70.7 cm³/mol. The molecule has 0 saturated carbocycles. The van der Waals surface area contributed by atoms with E-state index in [1.807, 2.05) is 10.9 Å². The Hall–Kier alpha value is -0.900. The first kappa shape index (κ1) is 14.2. The Labute approximate surface area is 105 Å². The molecule has 1 rings (SSSR count). The maximum absolute atomic E-state index is 4.17. The molecule has 4 nitrogen and oxygen atoms in total. The van der Waals surface area contributed by atoms with Gasteiger partial charge in [0.1, 0.15) is 0 Å². The standard InChI is InChI=1S/C13H26N4/c1-11(2)7-6-8-17-10-12(15-16-17)9-14-13(3,4)5/h10-11,14H,6-9H2,1-5H3. The molecule has 0 unspecified atom stereocenters. The van der Waals surface area contributed by atoms with Crippen LogP contribution in [-0.2, 0) is 13.1 Å². The molecule has 98 valence electrons. The van der Waals surface area contributed by atoms with Gasteiger partial charge in [0.25, 0.3) is 0 Å². The number of nitrogens with zero attached hydrogens (tertiary/aromatic N) is 3. The highest BCUT2D eigenvalue weighted by molar-refractivity contribution is 4.92. The van der Waals surface area contributed by atoms with E-state index in [0.717, 1.165) is 24.7 Å². The summed E-state index contributed by atoms with van der Waals surface area (Å²) in [7, 11) is 0. The Morgan fingerprint density at radius 1 is 1.35 bits per heavy atom. The minimum atomic E-state index is 0.126. The molecular formula is C13H26N4. The molecule has 17 heavy (non-hydrogen) atoms. The molecule has 0 aromatic carbocycles. The molecule has 4 heteroatoms. The summed E-state index contributed by atoms with van der Waals surface area (Å²) < 4.78 is 1.95. The van der Waals surface area contributed by atoms with Gasteiger partial charge in [-0.25, -0.2) is 0 Å². The van der Waals surface area contributed by atoms with Crippen molar-refractivity contribution in [1.82, 2.24) is 20.3 Å². The van der Waals surface area contributed by atoms with E-state index in [1.165, 1.54) is 12.8 Å². The summed E-state index contributed by atoms with van der Waals surface area (Å²) in [5.41, 5.74) is 1.14. The summed E-state index contributed by atoms with van der Waals surface area (Å²) in [5, 5.41) is 11.7. The normalized spacial score (nSPS) is 12.4. The van der Waals surface area contributed by atoms with Gasteiger partial charge in [0.05, 0.1) is 5.69 Å². The van der Waals surface area contributed by atoms with E-state index < -0.39 is 0 Å². The van der Waals surface area contributed by atoms with Crippen LogP contribution in [0.5, 0.6) is 0 Å². The van der Waals surface area contributed by atoms with Gasteiger partial charge in [-0.1, -0.05) is 19.1 Å². The van der Waals surface area contributed by atoms with E-state index in [1.54, 1.807) is 0 Å². The third kappa shape index (κ3) is 6.41. The number of rotatable bonds is 6. The van der Waals surface area contributed by atoms with Crippen molar-refractivity contribution in [1.29, 1.82) is 0 Å². The van der Waals surface area contributed by atoms with E-state index in [-0.39, 0.29) is 5.54 Å². The predicted octanol–water partition coefficient (Wildman–Crippen LogP) is 2.60. The molecule has 1 aromatic rings. The fraction of sp³-hybridized carbons (Fsp3) is 0.846. The molecule has 1 N–H and O–H groups in total. The molecule has 1 heterocycles. The minimum absolute atomic E-state index is 0.126. The average molecular weight is 238 g/mol. The quantitative estimate of drug-likeness (QED) is 0.828. The van der Waals surface area contributed by atoms with E-state index in [4.69, 9.17) is 0 Å². The highest BCUT2D eigenvalue weighted by atomic mass is 15.4. The van der Waals surface area contributed by atoms with E-state index in [0.29, 0.717) is 0 Å². The highest BCUT2D eigenvalue weighted by Gasteiger charge is 2.09. The summed E-state index contributed by atoms with van der Waals surface area (Å²) in [4.78, 5) is 0.